The molecular formula is C66H67N4OPt-3. The zero-order valence-corrected chi connectivity index (χ0v) is 46.3. The van der Waals surface area contributed by atoms with Gasteiger partial charge in [0.15, 0.2) is 0 Å². The number of fused-ring (bicyclic) bond motifs is 4. The van der Waals surface area contributed by atoms with Crippen molar-refractivity contribution in [1.82, 2.24) is 9.55 Å². The van der Waals surface area contributed by atoms with Crippen LogP contribution in [0.15, 0.2) is 158 Å². The molecule has 7 aromatic carbocycles. The number of benzene rings is 7. The molecule has 6 heteroatoms. The second-order valence-corrected chi connectivity index (χ2v) is 23.5. The van der Waals surface area contributed by atoms with E-state index in [9.17, 15) is 0 Å². The SMILES string of the molecule is CC(C)(C)c1cc(-c2cccc(-c3ccc(C(C)(C)C)cc3CCN3[CH-]N(c4[c-]c(Oc5[c-]c6c(cc5)c5ccccc5n6-c5cc(C(C)(C)C)ccn5)ccc4)c4ccccc43)c2)cc(C(C)(C)C)c1.[Pt]. The molecule has 2 aromatic heterocycles. The van der Waals surface area contributed by atoms with Crippen LogP contribution in [0, 0.1) is 18.8 Å². The number of aromatic nitrogens is 2. The monoisotopic (exact) mass is 1130 g/mol. The summed E-state index contributed by atoms with van der Waals surface area (Å²) in [6.07, 6.45) is 2.76. The molecule has 72 heavy (non-hydrogen) atoms. The Morgan fingerprint density at radius 1 is 0.514 bits per heavy atom. The van der Waals surface area contributed by atoms with Crippen molar-refractivity contribution in [3.63, 3.8) is 0 Å². The number of pyridine rings is 1. The van der Waals surface area contributed by atoms with Gasteiger partial charge in [-0.15, -0.1) is 41.4 Å². The van der Waals surface area contributed by atoms with E-state index >= 15 is 0 Å². The van der Waals surface area contributed by atoms with Gasteiger partial charge in [0.1, 0.15) is 5.82 Å². The molecule has 3 heterocycles. The van der Waals surface area contributed by atoms with Gasteiger partial charge in [-0.25, -0.2) is 4.98 Å². The van der Waals surface area contributed by atoms with Crippen molar-refractivity contribution in [2.24, 2.45) is 0 Å². The summed E-state index contributed by atoms with van der Waals surface area (Å²) in [7, 11) is 0. The number of hydrogen-bond acceptors (Lipinski definition) is 4. The van der Waals surface area contributed by atoms with E-state index in [1.54, 1.807) is 0 Å². The normalized spacial score (nSPS) is 13.2. The molecule has 0 amide bonds. The molecule has 0 unspecified atom stereocenters. The Kier molecular flexibility index (Phi) is 13.5. The quantitative estimate of drug-likeness (QED) is 0.135. The van der Waals surface area contributed by atoms with E-state index in [1.807, 2.05) is 24.4 Å². The fourth-order valence-electron chi connectivity index (χ4n) is 9.79. The van der Waals surface area contributed by atoms with Crippen LogP contribution in [-0.4, -0.2) is 16.1 Å². The molecule has 0 saturated heterocycles. The summed E-state index contributed by atoms with van der Waals surface area (Å²) < 4.78 is 8.85. The van der Waals surface area contributed by atoms with E-state index in [-0.39, 0.29) is 42.7 Å². The molecule has 0 bridgehead atoms. The molecule has 0 aliphatic carbocycles. The largest absolute Gasteiger partial charge is 0.509 e. The maximum absolute atomic E-state index is 6.64. The predicted molar refractivity (Wildman–Crippen MR) is 299 cm³/mol. The average molecular weight is 1130 g/mol. The Morgan fingerprint density at radius 3 is 1.88 bits per heavy atom. The number of hydrogen-bond donors (Lipinski definition) is 0. The molecule has 0 radical (unpaired) electrons. The molecule has 0 saturated carbocycles. The molecule has 0 atom stereocenters. The van der Waals surface area contributed by atoms with Crippen molar-refractivity contribution >= 4 is 38.9 Å². The van der Waals surface area contributed by atoms with Crippen LogP contribution in [0.3, 0.4) is 0 Å². The Labute approximate surface area is 443 Å². The number of anilines is 3. The minimum atomic E-state index is -0.0217. The fourth-order valence-corrected chi connectivity index (χ4v) is 9.79. The van der Waals surface area contributed by atoms with Crippen molar-refractivity contribution in [3.8, 4) is 39.6 Å². The molecule has 1 aliphatic rings. The van der Waals surface area contributed by atoms with Gasteiger partial charge < -0.3 is 19.1 Å². The Balaban J connectivity index is 0.00000640. The van der Waals surface area contributed by atoms with Crippen molar-refractivity contribution in [2.45, 2.75) is 111 Å². The van der Waals surface area contributed by atoms with E-state index in [1.165, 1.54) is 50.1 Å². The van der Waals surface area contributed by atoms with Gasteiger partial charge >= 0.3 is 0 Å². The topological polar surface area (TPSA) is 33.5 Å². The van der Waals surface area contributed by atoms with Gasteiger partial charge in [-0.3, -0.25) is 0 Å². The zero-order chi connectivity index (χ0) is 50.0. The summed E-state index contributed by atoms with van der Waals surface area (Å²) in [6.45, 7) is 30.5. The number of nitrogens with zero attached hydrogens (tertiary/aromatic N) is 4. The first-order valence-corrected chi connectivity index (χ1v) is 25.2. The summed E-state index contributed by atoms with van der Waals surface area (Å²) in [5, 5.41) is 2.24. The van der Waals surface area contributed by atoms with Crippen LogP contribution in [0.4, 0.5) is 17.1 Å². The van der Waals surface area contributed by atoms with Crippen LogP contribution in [0.2, 0.25) is 0 Å². The van der Waals surface area contributed by atoms with Crippen molar-refractivity contribution in [1.29, 1.82) is 0 Å². The summed E-state index contributed by atoms with van der Waals surface area (Å²) in [5.41, 5.74) is 16.9. The summed E-state index contributed by atoms with van der Waals surface area (Å²) in [5.74, 6) is 2.09. The van der Waals surface area contributed by atoms with Crippen molar-refractivity contribution < 1.29 is 25.8 Å². The molecule has 0 spiro atoms. The van der Waals surface area contributed by atoms with Crippen LogP contribution < -0.4 is 14.5 Å². The van der Waals surface area contributed by atoms with Crippen LogP contribution in [0.5, 0.6) is 11.5 Å². The van der Waals surface area contributed by atoms with E-state index in [0.717, 1.165) is 57.7 Å². The summed E-state index contributed by atoms with van der Waals surface area (Å²) in [4.78, 5) is 9.48. The molecule has 9 aromatic rings. The van der Waals surface area contributed by atoms with Gasteiger partial charge in [-0.05, 0) is 126 Å². The smallest absolute Gasteiger partial charge is 0.135 e. The van der Waals surface area contributed by atoms with E-state index in [0.29, 0.717) is 11.5 Å². The second-order valence-electron chi connectivity index (χ2n) is 23.5. The maximum atomic E-state index is 6.64. The van der Waals surface area contributed by atoms with Gasteiger partial charge in [0.2, 0.25) is 0 Å². The first kappa shape index (κ1) is 50.5. The molecule has 0 fully saturated rings. The van der Waals surface area contributed by atoms with Gasteiger partial charge in [0, 0.05) is 55.7 Å². The van der Waals surface area contributed by atoms with Crippen molar-refractivity contribution in [3.05, 3.63) is 204 Å². The second kappa shape index (κ2) is 19.2. The Hall–Kier alpha value is -6.42. The van der Waals surface area contributed by atoms with Crippen LogP contribution in [-0.2, 0) is 49.1 Å². The molecule has 5 nitrogen and oxygen atoms in total. The third-order valence-electron chi connectivity index (χ3n) is 14.1. The molecule has 1 aliphatic heterocycles. The standard InChI is InChI=1S/C66H67N4O.Pt/c1-63(2,3)48-27-29-55(45-20-17-19-44(35-45)47-37-50(65(7,8)9)39-51(38-47)66(10,11)12)46(36-48)32-34-68-43-69(60-26-16-15-25-59(60)68)52-21-18-22-53(41-52)71-54-28-30-57-56-23-13-14-24-58(56)70(61(57)42-54)62-40-49(31-33-67-62)64(4,5)6;/h13-31,33,35-40,43H,32,34H2,1-12H3;/q-3;. The van der Waals surface area contributed by atoms with Crippen LogP contribution in [0.25, 0.3) is 49.9 Å². The minimum Gasteiger partial charge on any atom is -0.509 e. The third-order valence-corrected chi connectivity index (χ3v) is 14.1. The van der Waals surface area contributed by atoms with Gasteiger partial charge in [-0.2, -0.15) is 18.8 Å². The number of para-hydroxylation sites is 3. The van der Waals surface area contributed by atoms with E-state index < -0.39 is 0 Å². The van der Waals surface area contributed by atoms with Gasteiger partial charge in [0.25, 0.3) is 0 Å². The number of ether oxygens (including phenoxy) is 1. The Bertz CT molecular complexity index is 3410. The van der Waals surface area contributed by atoms with Gasteiger partial charge in [-0.1, -0.05) is 174 Å². The minimum absolute atomic E-state index is 0. The zero-order valence-electron chi connectivity index (χ0n) is 44.0. The van der Waals surface area contributed by atoms with E-state index in [2.05, 4.69) is 250 Å². The van der Waals surface area contributed by atoms with Crippen molar-refractivity contribution in [2.75, 3.05) is 16.3 Å². The average Bonchev–Trinajstić information content (AvgIpc) is 3.87. The first-order valence-electron chi connectivity index (χ1n) is 25.2. The maximum Gasteiger partial charge on any atom is 0.135 e. The van der Waals surface area contributed by atoms with Gasteiger partial charge in [0.05, 0.1) is 0 Å². The summed E-state index contributed by atoms with van der Waals surface area (Å²) in [6, 6.07) is 62.4. The molecule has 10 rings (SSSR count). The predicted octanol–water partition coefficient (Wildman–Crippen LogP) is 17.4. The molecule has 370 valence electrons. The third kappa shape index (κ3) is 10.2. The molecule has 0 N–H and O–H groups in total. The summed E-state index contributed by atoms with van der Waals surface area (Å²) >= 11 is 0. The van der Waals surface area contributed by atoms with Crippen LogP contribution in [0.1, 0.15) is 111 Å². The fraction of sp³-hybridized carbons (Fsp3) is 0.273. The first-order chi connectivity index (χ1) is 33.7. The number of rotatable bonds is 9. The van der Waals surface area contributed by atoms with Crippen LogP contribution >= 0.6 is 0 Å². The Morgan fingerprint density at radius 2 is 1.15 bits per heavy atom. The van der Waals surface area contributed by atoms with E-state index in [4.69, 9.17) is 9.72 Å². The molecular weight excluding hydrogens is 1060 g/mol.